The van der Waals surface area contributed by atoms with Crippen LogP contribution in [0.15, 0.2) is 28.8 Å². The molecule has 1 heterocycles. The van der Waals surface area contributed by atoms with Crippen LogP contribution in [0.1, 0.15) is 16.9 Å². The lowest BCUT2D eigenvalue weighted by Crippen LogP contribution is -2.38. The third-order valence-electron chi connectivity index (χ3n) is 3.22. The summed E-state index contributed by atoms with van der Waals surface area (Å²) in [5.74, 6) is 0.307. The fraction of sp³-hybridized carbons (Fsp3) is 0.333. The minimum atomic E-state index is -3.61. The number of nitrogens with zero attached hydrogens (tertiary/aromatic N) is 2. The Bertz CT molecular complexity index is 827. The molecule has 0 saturated heterocycles. The molecule has 1 amide bonds. The molecule has 2 rings (SSSR count). The fourth-order valence-corrected chi connectivity index (χ4v) is 3.01. The summed E-state index contributed by atoms with van der Waals surface area (Å²) in [4.78, 5) is 12.1. The zero-order valence-electron chi connectivity index (χ0n) is 13.5. The summed E-state index contributed by atoms with van der Waals surface area (Å²) in [6.07, 6.45) is 1.07. The van der Waals surface area contributed by atoms with Gasteiger partial charge in [-0.25, -0.2) is 8.42 Å². The van der Waals surface area contributed by atoms with E-state index in [4.69, 9.17) is 4.52 Å². The van der Waals surface area contributed by atoms with E-state index < -0.39 is 15.9 Å². The SMILES string of the molecule is Cc1ccc(C)c(N(CC(=O)Nc2cc(C)on2)S(C)(=O)=O)c1. The largest absolute Gasteiger partial charge is 0.360 e. The lowest BCUT2D eigenvalue weighted by molar-refractivity contribution is -0.114. The number of carbonyl (C=O) groups is 1. The Morgan fingerprint density at radius 2 is 1.96 bits per heavy atom. The molecular weight excluding hydrogens is 318 g/mol. The van der Waals surface area contributed by atoms with Crippen molar-refractivity contribution in [2.45, 2.75) is 20.8 Å². The monoisotopic (exact) mass is 337 g/mol. The zero-order chi connectivity index (χ0) is 17.2. The summed E-state index contributed by atoms with van der Waals surface area (Å²) in [6, 6.07) is 7.00. The predicted octanol–water partition coefficient (Wildman–Crippen LogP) is 2.00. The summed E-state index contributed by atoms with van der Waals surface area (Å²) < 4.78 is 30.1. The number of hydrogen-bond acceptors (Lipinski definition) is 5. The molecule has 0 spiro atoms. The van der Waals surface area contributed by atoms with E-state index in [9.17, 15) is 13.2 Å². The minimum absolute atomic E-state index is 0.252. The summed E-state index contributed by atoms with van der Waals surface area (Å²) in [5.41, 5.74) is 2.16. The number of sulfonamides is 1. The third kappa shape index (κ3) is 4.32. The van der Waals surface area contributed by atoms with Crippen LogP contribution in [0, 0.1) is 20.8 Å². The molecule has 0 unspecified atom stereocenters. The molecule has 23 heavy (non-hydrogen) atoms. The van der Waals surface area contributed by atoms with E-state index in [1.807, 2.05) is 19.1 Å². The number of hydrogen-bond donors (Lipinski definition) is 1. The van der Waals surface area contributed by atoms with Gasteiger partial charge in [0.15, 0.2) is 5.82 Å². The fourth-order valence-electron chi connectivity index (χ4n) is 2.11. The van der Waals surface area contributed by atoms with Gasteiger partial charge in [-0.15, -0.1) is 0 Å². The van der Waals surface area contributed by atoms with Crippen LogP contribution in [0.25, 0.3) is 0 Å². The molecule has 0 fully saturated rings. The highest BCUT2D eigenvalue weighted by Crippen LogP contribution is 2.23. The molecule has 0 aliphatic carbocycles. The van der Waals surface area contributed by atoms with Crippen LogP contribution in [0.4, 0.5) is 11.5 Å². The van der Waals surface area contributed by atoms with Gasteiger partial charge in [0.1, 0.15) is 12.3 Å². The average molecular weight is 337 g/mol. The van der Waals surface area contributed by atoms with Crippen molar-refractivity contribution in [2.24, 2.45) is 0 Å². The van der Waals surface area contributed by atoms with Gasteiger partial charge in [-0.1, -0.05) is 17.3 Å². The molecule has 0 bridgehead atoms. The highest BCUT2D eigenvalue weighted by atomic mass is 32.2. The van der Waals surface area contributed by atoms with Gasteiger partial charge in [-0.05, 0) is 38.0 Å². The van der Waals surface area contributed by atoms with Gasteiger partial charge in [-0.2, -0.15) is 0 Å². The molecule has 8 heteroatoms. The topological polar surface area (TPSA) is 92.5 Å². The van der Waals surface area contributed by atoms with Crippen LogP contribution in [-0.4, -0.2) is 32.3 Å². The lowest BCUT2D eigenvalue weighted by atomic mass is 10.1. The number of aromatic nitrogens is 1. The quantitative estimate of drug-likeness (QED) is 0.901. The molecule has 0 atom stereocenters. The average Bonchev–Trinajstić information content (AvgIpc) is 2.83. The Balaban J connectivity index is 2.26. The van der Waals surface area contributed by atoms with E-state index in [0.717, 1.165) is 21.7 Å². The molecule has 1 N–H and O–H groups in total. The van der Waals surface area contributed by atoms with Crippen molar-refractivity contribution < 1.29 is 17.7 Å². The van der Waals surface area contributed by atoms with Crippen molar-refractivity contribution in [3.63, 3.8) is 0 Å². The molecule has 7 nitrogen and oxygen atoms in total. The maximum absolute atomic E-state index is 12.1. The highest BCUT2D eigenvalue weighted by Gasteiger charge is 2.23. The first kappa shape index (κ1) is 17.0. The second-order valence-electron chi connectivity index (χ2n) is 5.43. The zero-order valence-corrected chi connectivity index (χ0v) is 14.3. The first-order chi connectivity index (χ1) is 10.7. The van der Waals surface area contributed by atoms with E-state index in [1.165, 1.54) is 0 Å². The Hall–Kier alpha value is -2.35. The van der Waals surface area contributed by atoms with Crippen molar-refractivity contribution >= 4 is 27.4 Å². The standard InChI is InChI=1S/C15H19N3O4S/c1-10-5-6-11(2)13(7-10)18(23(4,20)21)9-15(19)16-14-8-12(3)22-17-14/h5-8H,9H2,1-4H3,(H,16,17,19). The van der Waals surface area contributed by atoms with Crippen molar-refractivity contribution in [3.05, 3.63) is 41.2 Å². The summed E-state index contributed by atoms with van der Waals surface area (Å²) in [5, 5.41) is 6.17. The molecule has 0 radical (unpaired) electrons. The second kappa shape index (κ2) is 6.41. The molecule has 0 saturated carbocycles. The van der Waals surface area contributed by atoms with Gasteiger partial charge >= 0.3 is 0 Å². The number of rotatable bonds is 5. The number of amides is 1. The Kier molecular flexibility index (Phi) is 4.74. The first-order valence-corrected chi connectivity index (χ1v) is 8.80. The third-order valence-corrected chi connectivity index (χ3v) is 4.34. The van der Waals surface area contributed by atoms with E-state index >= 15 is 0 Å². The molecule has 1 aromatic carbocycles. The van der Waals surface area contributed by atoms with Gasteiger partial charge in [0, 0.05) is 6.07 Å². The van der Waals surface area contributed by atoms with Crippen LogP contribution in [-0.2, 0) is 14.8 Å². The van der Waals surface area contributed by atoms with E-state index in [1.54, 1.807) is 26.0 Å². The maximum atomic E-state index is 12.1. The summed E-state index contributed by atoms with van der Waals surface area (Å²) in [7, 11) is -3.61. The highest BCUT2D eigenvalue weighted by molar-refractivity contribution is 7.92. The predicted molar refractivity (Wildman–Crippen MR) is 88.0 cm³/mol. The number of anilines is 2. The van der Waals surface area contributed by atoms with Gasteiger partial charge in [0.25, 0.3) is 0 Å². The van der Waals surface area contributed by atoms with Gasteiger partial charge in [0.2, 0.25) is 15.9 Å². The number of carbonyl (C=O) groups excluding carboxylic acids is 1. The number of nitrogens with one attached hydrogen (secondary N) is 1. The second-order valence-corrected chi connectivity index (χ2v) is 7.34. The minimum Gasteiger partial charge on any atom is -0.360 e. The first-order valence-electron chi connectivity index (χ1n) is 6.95. The lowest BCUT2D eigenvalue weighted by Gasteiger charge is -2.23. The number of benzene rings is 1. The molecule has 1 aromatic heterocycles. The Morgan fingerprint density at radius 1 is 1.26 bits per heavy atom. The van der Waals surface area contributed by atoms with Crippen molar-refractivity contribution in [1.29, 1.82) is 0 Å². The van der Waals surface area contributed by atoms with Crippen molar-refractivity contribution in [1.82, 2.24) is 5.16 Å². The van der Waals surface area contributed by atoms with Gasteiger partial charge in [-0.3, -0.25) is 9.10 Å². The summed E-state index contributed by atoms with van der Waals surface area (Å²) in [6.45, 7) is 5.02. The van der Waals surface area contributed by atoms with Crippen LogP contribution in [0.5, 0.6) is 0 Å². The number of aryl methyl sites for hydroxylation is 3. The normalized spacial score (nSPS) is 11.3. The molecule has 124 valence electrons. The van der Waals surface area contributed by atoms with Crippen LogP contribution in [0.2, 0.25) is 0 Å². The van der Waals surface area contributed by atoms with Crippen molar-refractivity contribution in [3.8, 4) is 0 Å². The van der Waals surface area contributed by atoms with E-state index in [0.29, 0.717) is 11.4 Å². The Morgan fingerprint density at radius 3 is 2.52 bits per heavy atom. The van der Waals surface area contributed by atoms with Gasteiger partial charge < -0.3 is 9.84 Å². The van der Waals surface area contributed by atoms with E-state index in [-0.39, 0.29) is 12.4 Å². The molecular formula is C15H19N3O4S. The summed E-state index contributed by atoms with van der Waals surface area (Å²) >= 11 is 0. The molecule has 2 aromatic rings. The van der Waals surface area contributed by atoms with Crippen LogP contribution < -0.4 is 9.62 Å². The Labute approximate surface area is 135 Å². The molecule has 0 aliphatic rings. The van der Waals surface area contributed by atoms with Crippen LogP contribution >= 0.6 is 0 Å². The molecule has 0 aliphatic heterocycles. The van der Waals surface area contributed by atoms with Crippen molar-refractivity contribution in [2.75, 3.05) is 22.4 Å². The van der Waals surface area contributed by atoms with Gasteiger partial charge in [0.05, 0.1) is 11.9 Å². The maximum Gasteiger partial charge on any atom is 0.246 e. The van der Waals surface area contributed by atoms with E-state index in [2.05, 4.69) is 10.5 Å². The van der Waals surface area contributed by atoms with Crippen LogP contribution in [0.3, 0.4) is 0 Å². The smallest absolute Gasteiger partial charge is 0.246 e.